The minimum Gasteiger partial charge on any atom is -0.449 e. The van der Waals surface area contributed by atoms with Crippen molar-refractivity contribution < 1.29 is 27.5 Å². The first-order valence-electron chi connectivity index (χ1n) is 6.91. The van der Waals surface area contributed by atoms with Gasteiger partial charge in [0.2, 0.25) is 0 Å². The van der Waals surface area contributed by atoms with E-state index in [1.807, 2.05) is 0 Å². The molecule has 0 radical (unpaired) electrons. The summed E-state index contributed by atoms with van der Waals surface area (Å²) in [5.74, 6) is -1.63. The number of esters is 1. The van der Waals surface area contributed by atoms with Gasteiger partial charge < -0.3 is 10.1 Å². The van der Waals surface area contributed by atoms with Crippen molar-refractivity contribution in [3.63, 3.8) is 0 Å². The molecule has 24 heavy (non-hydrogen) atoms. The van der Waals surface area contributed by atoms with Crippen molar-refractivity contribution in [3.8, 4) is 0 Å². The zero-order valence-electron chi connectivity index (χ0n) is 12.9. The van der Waals surface area contributed by atoms with Gasteiger partial charge in [-0.3, -0.25) is 9.69 Å². The average molecular weight is 375 g/mol. The van der Waals surface area contributed by atoms with Gasteiger partial charge in [0.25, 0.3) is 5.91 Å². The van der Waals surface area contributed by atoms with Crippen LogP contribution < -0.4 is 5.32 Å². The lowest BCUT2D eigenvalue weighted by atomic mass is 10.2. The zero-order valence-corrected chi connectivity index (χ0v) is 14.5. The van der Waals surface area contributed by atoms with Gasteiger partial charge in [-0.15, -0.1) is 0 Å². The maximum Gasteiger partial charge on any atom is 0.340 e. The Morgan fingerprint density at radius 2 is 2.04 bits per heavy atom. The van der Waals surface area contributed by atoms with E-state index in [0.29, 0.717) is 6.54 Å². The minimum absolute atomic E-state index is 0.00837. The number of benzene rings is 1. The number of halogens is 1. The molecule has 1 aromatic rings. The van der Waals surface area contributed by atoms with E-state index in [-0.39, 0.29) is 22.0 Å². The molecule has 1 saturated heterocycles. The van der Waals surface area contributed by atoms with E-state index in [2.05, 4.69) is 5.32 Å². The molecule has 0 aliphatic carbocycles. The molecule has 0 unspecified atom stereocenters. The Morgan fingerprint density at radius 3 is 2.58 bits per heavy atom. The highest BCUT2D eigenvalue weighted by molar-refractivity contribution is 7.90. The quantitative estimate of drug-likeness (QED) is 0.782. The summed E-state index contributed by atoms with van der Waals surface area (Å²) < 4.78 is 28.1. The fraction of sp³-hybridized carbons (Fsp3) is 0.357. The highest BCUT2D eigenvalue weighted by Gasteiger charge is 2.32. The fourth-order valence-electron chi connectivity index (χ4n) is 2.07. The molecule has 2 rings (SSSR count). The van der Waals surface area contributed by atoms with Crippen LogP contribution in [0.25, 0.3) is 0 Å². The molecule has 0 saturated carbocycles. The molecule has 1 fully saturated rings. The summed E-state index contributed by atoms with van der Waals surface area (Å²) in [5, 5.41) is 2.45. The number of hydrogen-bond acceptors (Lipinski definition) is 6. The van der Waals surface area contributed by atoms with Crippen LogP contribution in [0.4, 0.5) is 4.79 Å². The number of nitrogens with one attached hydrogen (secondary N) is 1. The molecule has 0 bridgehead atoms. The number of amides is 3. The number of sulfone groups is 1. The molecular formula is C14H15ClN2O6S. The summed E-state index contributed by atoms with van der Waals surface area (Å²) in [6.45, 7) is 1.83. The van der Waals surface area contributed by atoms with E-state index in [4.69, 9.17) is 16.3 Å². The number of rotatable bonds is 4. The van der Waals surface area contributed by atoms with Gasteiger partial charge in [-0.2, -0.15) is 0 Å². The van der Waals surface area contributed by atoms with E-state index in [9.17, 15) is 22.8 Å². The molecular weight excluding hydrogens is 360 g/mol. The number of imide groups is 1. The van der Waals surface area contributed by atoms with Gasteiger partial charge in [0.05, 0.1) is 15.5 Å². The molecule has 1 heterocycles. The Balaban J connectivity index is 2.17. The SMILES string of the molecule is C[C@@H](OC(=O)c1cc(S(C)(=O)=O)ccc1Cl)C(=O)N1CCNC1=O. The van der Waals surface area contributed by atoms with Gasteiger partial charge >= 0.3 is 12.0 Å². The molecule has 3 amide bonds. The molecule has 1 aliphatic rings. The number of urea groups is 1. The Hall–Kier alpha value is -2.13. The molecule has 10 heteroatoms. The van der Waals surface area contributed by atoms with E-state index in [0.717, 1.165) is 17.2 Å². The second-order valence-corrected chi connectivity index (χ2v) is 7.61. The maximum absolute atomic E-state index is 12.2. The van der Waals surface area contributed by atoms with Crippen molar-refractivity contribution >= 4 is 39.3 Å². The van der Waals surface area contributed by atoms with Crippen molar-refractivity contribution in [2.45, 2.75) is 17.9 Å². The third-order valence-electron chi connectivity index (χ3n) is 3.34. The molecule has 1 atom stereocenters. The summed E-state index contributed by atoms with van der Waals surface area (Å²) in [7, 11) is -3.54. The lowest BCUT2D eigenvalue weighted by Crippen LogP contribution is -2.41. The summed E-state index contributed by atoms with van der Waals surface area (Å²) in [4.78, 5) is 36.6. The van der Waals surface area contributed by atoms with Gasteiger partial charge in [-0.1, -0.05) is 11.6 Å². The highest BCUT2D eigenvalue weighted by Crippen LogP contribution is 2.22. The first kappa shape index (κ1) is 18.2. The van der Waals surface area contributed by atoms with Crippen molar-refractivity contribution in [2.75, 3.05) is 19.3 Å². The fourth-order valence-corrected chi connectivity index (χ4v) is 2.91. The largest absolute Gasteiger partial charge is 0.449 e. The number of nitrogens with zero attached hydrogens (tertiary/aromatic N) is 1. The molecule has 8 nitrogen and oxygen atoms in total. The van der Waals surface area contributed by atoms with E-state index in [1.54, 1.807) is 0 Å². The topological polar surface area (TPSA) is 110 Å². The lowest BCUT2D eigenvalue weighted by molar-refractivity contribution is -0.136. The van der Waals surface area contributed by atoms with E-state index in [1.165, 1.54) is 19.1 Å². The summed E-state index contributed by atoms with van der Waals surface area (Å²) in [6.07, 6.45) is -0.233. The van der Waals surface area contributed by atoms with Crippen LogP contribution in [-0.4, -0.2) is 56.7 Å². The molecule has 130 valence electrons. The van der Waals surface area contributed by atoms with Gasteiger partial charge in [0.1, 0.15) is 0 Å². The Morgan fingerprint density at radius 1 is 1.38 bits per heavy atom. The van der Waals surface area contributed by atoms with Crippen molar-refractivity contribution in [2.24, 2.45) is 0 Å². The Bertz CT molecular complexity index is 807. The minimum atomic E-state index is -3.54. The van der Waals surface area contributed by atoms with Crippen LogP contribution >= 0.6 is 11.6 Å². The molecule has 0 aromatic heterocycles. The maximum atomic E-state index is 12.2. The predicted octanol–water partition coefficient (Wildman–Crippen LogP) is 0.841. The average Bonchev–Trinajstić information content (AvgIpc) is 2.91. The van der Waals surface area contributed by atoms with Crippen LogP contribution in [0.2, 0.25) is 5.02 Å². The van der Waals surface area contributed by atoms with Crippen LogP contribution in [0.5, 0.6) is 0 Å². The predicted molar refractivity (Wildman–Crippen MR) is 84.6 cm³/mol. The van der Waals surface area contributed by atoms with Gasteiger partial charge in [-0.05, 0) is 25.1 Å². The molecule has 1 N–H and O–H groups in total. The smallest absolute Gasteiger partial charge is 0.340 e. The van der Waals surface area contributed by atoms with Crippen LogP contribution in [0.3, 0.4) is 0 Å². The summed E-state index contributed by atoms with van der Waals surface area (Å²) in [5.41, 5.74) is -0.176. The summed E-state index contributed by atoms with van der Waals surface area (Å²) >= 11 is 5.90. The van der Waals surface area contributed by atoms with Gasteiger partial charge in [-0.25, -0.2) is 18.0 Å². The zero-order chi connectivity index (χ0) is 18.1. The Labute approximate surface area is 143 Å². The Kier molecular flexibility index (Phi) is 5.14. The van der Waals surface area contributed by atoms with Crippen LogP contribution in [0, 0.1) is 0 Å². The third kappa shape index (κ3) is 3.85. The third-order valence-corrected chi connectivity index (χ3v) is 4.78. The van der Waals surface area contributed by atoms with Crippen LogP contribution in [-0.2, 0) is 19.4 Å². The van der Waals surface area contributed by atoms with Gasteiger partial charge in [0, 0.05) is 19.3 Å². The van der Waals surface area contributed by atoms with Crippen molar-refractivity contribution in [3.05, 3.63) is 28.8 Å². The monoisotopic (exact) mass is 374 g/mol. The van der Waals surface area contributed by atoms with Crippen molar-refractivity contribution in [1.29, 1.82) is 0 Å². The number of hydrogen-bond donors (Lipinski definition) is 1. The van der Waals surface area contributed by atoms with Crippen LogP contribution in [0.1, 0.15) is 17.3 Å². The van der Waals surface area contributed by atoms with E-state index < -0.39 is 33.8 Å². The molecule has 1 aromatic carbocycles. The standard InChI is InChI=1S/C14H15ClN2O6S/c1-8(12(18)17-6-5-16-14(17)20)23-13(19)10-7-9(24(2,21)22)3-4-11(10)15/h3-4,7-8H,5-6H2,1-2H3,(H,16,20)/t8-/m1/s1. The molecule has 0 spiro atoms. The van der Waals surface area contributed by atoms with Gasteiger partial charge in [0.15, 0.2) is 15.9 Å². The normalized spacial score (nSPS) is 15.8. The second-order valence-electron chi connectivity index (χ2n) is 5.18. The first-order chi connectivity index (χ1) is 11.1. The summed E-state index contributed by atoms with van der Waals surface area (Å²) in [6, 6.07) is 3.05. The number of ether oxygens (including phenoxy) is 1. The first-order valence-corrected chi connectivity index (χ1v) is 9.18. The molecule has 1 aliphatic heterocycles. The van der Waals surface area contributed by atoms with Crippen LogP contribution in [0.15, 0.2) is 23.1 Å². The van der Waals surface area contributed by atoms with E-state index >= 15 is 0 Å². The number of carbonyl (C=O) groups is 3. The van der Waals surface area contributed by atoms with Crippen molar-refractivity contribution in [1.82, 2.24) is 10.2 Å². The number of carbonyl (C=O) groups excluding carboxylic acids is 3. The second kappa shape index (κ2) is 6.78. The highest BCUT2D eigenvalue weighted by atomic mass is 35.5. The lowest BCUT2D eigenvalue weighted by Gasteiger charge is -2.18.